The van der Waals surface area contributed by atoms with E-state index in [2.05, 4.69) is 15.6 Å². The number of nitrogens with zero attached hydrogens (tertiary/aromatic N) is 2. The van der Waals surface area contributed by atoms with Crippen molar-refractivity contribution in [2.45, 2.75) is 6.54 Å². The van der Waals surface area contributed by atoms with Crippen LogP contribution in [0.25, 0.3) is 0 Å². The average Bonchev–Trinajstić information content (AvgIpc) is 3.08. The van der Waals surface area contributed by atoms with Crippen LogP contribution in [0, 0.1) is 0 Å². The second-order valence-electron chi connectivity index (χ2n) is 6.51. The molecule has 9 heteroatoms. The normalized spacial score (nSPS) is 13.4. The van der Waals surface area contributed by atoms with Crippen molar-refractivity contribution in [1.29, 1.82) is 0 Å². The molecule has 30 heavy (non-hydrogen) atoms. The van der Waals surface area contributed by atoms with E-state index in [-0.39, 0.29) is 36.9 Å². The van der Waals surface area contributed by atoms with Gasteiger partial charge in [-0.25, -0.2) is 4.79 Å². The molecule has 0 unspecified atom stereocenters. The zero-order valence-corrected chi connectivity index (χ0v) is 16.4. The van der Waals surface area contributed by atoms with Crippen LogP contribution < -0.4 is 10.6 Å². The van der Waals surface area contributed by atoms with Gasteiger partial charge in [-0.1, -0.05) is 18.2 Å². The van der Waals surface area contributed by atoms with Crippen molar-refractivity contribution < 1.29 is 24.2 Å². The lowest BCUT2D eigenvalue weighted by Gasteiger charge is -2.16. The number of anilines is 1. The van der Waals surface area contributed by atoms with Crippen LogP contribution in [0.5, 0.6) is 0 Å². The van der Waals surface area contributed by atoms with Crippen molar-refractivity contribution in [2.24, 2.45) is 0 Å². The first-order valence-corrected chi connectivity index (χ1v) is 9.30. The molecule has 0 saturated carbocycles. The highest BCUT2D eigenvalue weighted by Crippen LogP contribution is 2.25. The Bertz CT molecular complexity index is 974. The van der Waals surface area contributed by atoms with Crippen LogP contribution in [0.4, 0.5) is 5.69 Å². The summed E-state index contributed by atoms with van der Waals surface area (Å²) < 4.78 is 4.78. The largest absolute Gasteiger partial charge is 0.466 e. The number of para-hydroxylation sites is 1. The van der Waals surface area contributed by atoms with Crippen molar-refractivity contribution >= 4 is 23.5 Å². The smallest absolute Gasteiger partial charge is 0.337 e. The van der Waals surface area contributed by atoms with E-state index in [0.29, 0.717) is 17.8 Å². The number of benzene rings is 1. The molecule has 1 aromatic carbocycles. The quantitative estimate of drug-likeness (QED) is 0.548. The fraction of sp³-hybridized carbons (Fsp3) is 0.238. The number of rotatable bonds is 8. The number of pyridine rings is 1. The molecular formula is C21H22N4O5. The van der Waals surface area contributed by atoms with Crippen molar-refractivity contribution in [3.05, 3.63) is 71.2 Å². The highest BCUT2D eigenvalue weighted by atomic mass is 16.5. The summed E-state index contributed by atoms with van der Waals surface area (Å²) in [6.45, 7) is 0.155. The molecule has 2 amide bonds. The van der Waals surface area contributed by atoms with E-state index in [9.17, 15) is 14.4 Å². The Hall–Kier alpha value is -3.72. The molecule has 1 aliphatic rings. The number of β-amino-alcohol motifs (C(OH)–C–C–N with tert-alkyl or cyclic N) is 1. The Morgan fingerprint density at radius 2 is 2.03 bits per heavy atom. The van der Waals surface area contributed by atoms with Gasteiger partial charge >= 0.3 is 5.97 Å². The summed E-state index contributed by atoms with van der Waals surface area (Å²) in [5, 5.41) is 14.9. The lowest BCUT2D eigenvalue weighted by Crippen LogP contribution is -2.31. The molecule has 0 atom stereocenters. The van der Waals surface area contributed by atoms with Crippen molar-refractivity contribution in [3.8, 4) is 0 Å². The molecule has 1 aromatic heterocycles. The molecule has 9 nitrogen and oxygen atoms in total. The predicted molar refractivity (Wildman–Crippen MR) is 108 cm³/mol. The van der Waals surface area contributed by atoms with Gasteiger partial charge in [-0.05, 0) is 23.8 Å². The standard InChI is InChI=1S/C21H22N4O5/c1-30-21(29)16-13-25(9-10-26)20(28)18(16)24-17-7-3-2-6-15(17)19(27)23-12-14-5-4-8-22-11-14/h2-8,11,24,26H,9-10,12-13H2,1H3,(H,23,27). The van der Waals surface area contributed by atoms with Crippen LogP contribution in [-0.2, 0) is 20.9 Å². The Morgan fingerprint density at radius 1 is 1.23 bits per heavy atom. The van der Waals surface area contributed by atoms with Gasteiger partial charge in [0, 0.05) is 25.5 Å². The number of hydrogen-bond acceptors (Lipinski definition) is 7. The van der Waals surface area contributed by atoms with Crippen molar-refractivity contribution in [1.82, 2.24) is 15.2 Å². The minimum Gasteiger partial charge on any atom is -0.466 e. The van der Waals surface area contributed by atoms with Crippen LogP contribution in [-0.4, -0.2) is 59.6 Å². The summed E-state index contributed by atoms with van der Waals surface area (Å²) >= 11 is 0. The summed E-state index contributed by atoms with van der Waals surface area (Å²) in [4.78, 5) is 42.9. The van der Waals surface area contributed by atoms with Crippen LogP contribution >= 0.6 is 0 Å². The molecule has 0 saturated heterocycles. The first-order valence-electron chi connectivity index (χ1n) is 9.30. The number of aliphatic hydroxyl groups is 1. The molecule has 156 valence electrons. The van der Waals surface area contributed by atoms with Crippen molar-refractivity contribution in [3.63, 3.8) is 0 Å². The highest BCUT2D eigenvalue weighted by molar-refractivity contribution is 6.09. The van der Waals surface area contributed by atoms with E-state index in [1.807, 2.05) is 6.07 Å². The molecule has 0 bridgehead atoms. The number of nitrogens with one attached hydrogen (secondary N) is 2. The van der Waals surface area contributed by atoms with Crippen LogP contribution in [0.2, 0.25) is 0 Å². The van der Waals surface area contributed by atoms with Crippen LogP contribution in [0.3, 0.4) is 0 Å². The Balaban J connectivity index is 1.83. The maximum atomic E-state index is 12.7. The molecule has 0 radical (unpaired) electrons. The predicted octanol–water partition coefficient (Wildman–Crippen LogP) is 0.685. The third-order valence-corrected chi connectivity index (χ3v) is 4.56. The number of aliphatic hydroxyl groups excluding tert-OH is 1. The van der Waals surface area contributed by atoms with Gasteiger partial charge in [0.15, 0.2) is 0 Å². The van der Waals surface area contributed by atoms with Crippen molar-refractivity contribution in [2.75, 3.05) is 32.1 Å². The number of esters is 1. The van der Waals surface area contributed by atoms with E-state index in [1.54, 1.807) is 42.7 Å². The van der Waals surface area contributed by atoms with E-state index in [1.165, 1.54) is 12.0 Å². The molecule has 0 fully saturated rings. The SMILES string of the molecule is COC(=O)C1=C(Nc2ccccc2C(=O)NCc2cccnc2)C(=O)N(CCO)C1. The van der Waals surface area contributed by atoms with Gasteiger partial charge in [-0.2, -0.15) is 0 Å². The minimum absolute atomic E-state index is 0.0176. The van der Waals surface area contributed by atoms with Gasteiger partial charge in [0.1, 0.15) is 5.70 Å². The topological polar surface area (TPSA) is 121 Å². The van der Waals surface area contributed by atoms with Gasteiger partial charge in [0.2, 0.25) is 0 Å². The number of carbonyl (C=O) groups is 3. The Labute approximate surface area is 173 Å². The van der Waals surface area contributed by atoms with E-state index >= 15 is 0 Å². The average molecular weight is 410 g/mol. The number of methoxy groups -OCH3 is 1. The van der Waals surface area contributed by atoms with Gasteiger partial charge < -0.3 is 25.4 Å². The molecule has 2 aromatic rings. The monoisotopic (exact) mass is 410 g/mol. The summed E-state index contributed by atoms with van der Waals surface area (Å²) in [6.07, 6.45) is 3.31. The fourth-order valence-corrected chi connectivity index (χ4v) is 3.05. The van der Waals surface area contributed by atoms with E-state index in [0.717, 1.165) is 5.56 Å². The maximum Gasteiger partial charge on any atom is 0.337 e. The number of aromatic nitrogens is 1. The summed E-state index contributed by atoms with van der Waals surface area (Å²) in [5.41, 5.74) is 1.70. The van der Waals surface area contributed by atoms with Gasteiger partial charge in [-0.15, -0.1) is 0 Å². The first-order chi connectivity index (χ1) is 14.5. The third kappa shape index (κ3) is 4.64. The maximum absolute atomic E-state index is 12.7. The molecular weight excluding hydrogens is 388 g/mol. The fourth-order valence-electron chi connectivity index (χ4n) is 3.05. The number of hydrogen-bond donors (Lipinski definition) is 3. The van der Waals surface area contributed by atoms with Gasteiger partial charge in [0.25, 0.3) is 11.8 Å². The molecule has 0 spiro atoms. The molecule has 1 aliphatic heterocycles. The summed E-state index contributed by atoms with van der Waals surface area (Å²) in [5.74, 6) is -1.44. The Morgan fingerprint density at radius 3 is 2.73 bits per heavy atom. The zero-order chi connectivity index (χ0) is 21.5. The highest BCUT2D eigenvalue weighted by Gasteiger charge is 2.34. The second-order valence-corrected chi connectivity index (χ2v) is 6.51. The number of amides is 2. The molecule has 3 N–H and O–H groups in total. The Kier molecular flexibility index (Phi) is 6.76. The van der Waals surface area contributed by atoms with Crippen LogP contribution in [0.1, 0.15) is 15.9 Å². The van der Waals surface area contributed by atoms with Crippen LogP contribution in [0.15, 0.2) is 60.1 Å². The first kappa shape index (κ1) is 21.0. The zero-order valence-electron chi connectivity index (χ0n) is 16.4. The van der Waals surface area contributed by atoms with E-state index in [4.69, 9.17) is 9.84 Å². The van der Waals surface area contributed by atoms with E-state index < -0.39 is 11.9 Å². The lowest BCUT2D eigenvalue weighted by molar-refractivity contribution is -0.136. The summed E-state index contributed by atoms with van der Waals surface area (Å²) in [6, 6.07) is 10.3. The second kappa shape index (κ2) is 9.66. The summed E-state index contributed by atoms with van der Waals surface area (Å²) in [7, 11) is 1.23. The van der Waals surface area contributed by atoms with Gasteiger partial charge in [0.05, 0.1) is 37.1 Å². The number of carbonyl (C=O) groups excluding carboxylic acids is 3. The third-order valence-electron chi connectivity index (χ3n) is 4.56. The minimum atomic E-state index is -0.648. The lowest BCUT2D eigenvalue weighted by atomic mass is 10.1. The molecule has 2 heterocycles. The molecule has 0 aliphatic carbocycles. The molecule has 3 rings (SSSR count). The number of ether oxygens (including phenoxy) is 1. The van der Waals surface area contributed by atoms with Gasteiger partial charge in [-0.3, -0.25) is 14.6 Å².